The fourth-order valence-electron chi connectivity index (χ4n) is 1.64. The van der Waals surface area contributed by atoms with Gasteiger partial charge in [0.2, 0.25) is 0 Å². The zero-order chi connectivity index (χ0) is 11.8. The maximum atomic E-state index is 11.2. The van der Waals surface area contributed by atoms with E-state index in [9.17, 15) is 9.90 Å². The molecule has 2 rings (SSSR count). The van der Waals surface area contributed by atoms with E-state index in [4.69, 9.17) is 11.6 Å². The van der Waals surface area contributed by atoms with Gasteiger partial charge in [-0.25, -0.2) is 4.79 Å². The van der Waals surface area contributed by atoms with Gasteiger partial charge in [0.15, 0.2) is 5.15 Å². The van der Waals surface area contributed by atoms with E-state index in [2.05, 4.69) is 15.5 Å². The van der Waals surface area contributed by atoms with Gasteiger partial charge in [0.1, 0.15) is 11.4 Å². The lowest BCUT2D eigenvalue weighted by Crippen LogP contribution is -2.45. The number of nitrogens with zero attached hydrogens (tertiary/aromatic N) is 2. The number of halogens is 1. The molecule has 5 nitrogen and oxygen atoms in total. The van der Waals surface area contributed by atoms with Gasteiger partial charge >= 0.3 is 5.97 Å². The fourth-order valence-corrected chi connectivity index (χ4v) is 1.74. The first-order valence-corrected chi connectivity index (χ1v) is 5.41. The van der Waals surface area contributed by atoms with Crippen LogP contribution in [0, 0.1) is 5.92 Å². The molecule has 0 aliphatic heterocycles. The molecule has 6 heteroatoms. The quantitative estimate of drug-likeness (QED) is 0.841. The summed E-state index contributed by atoms with van der Waals surface area (Å²) in [5.41, 5.74) is -0.970. The Balaban J connectivity index is 2.17. The van der Waals surface area contributed by atoms with Gasteiger partial charge < -0.3 is 10.4 Å². The minimum absolute atomic E-state index is 0.155. The smallest absolute Gasteiger partial charge is 0.329 e. The van der Waals surface area contributed by atoms with Crippen molar-refractivity contribution in [3.8, 4) is 0 Å². The van der Waals surface area contributed by atoms with Crippen LogP contribution in [0.15, 0.2) is 12.1 Å². The maximum absolute atomic E-state index is 11.2. The van der Waals surface area contributed by atoms with E-state index in [-0.39, 0.29) is 11.1 Å². The van der Waals surface area contributed by atoms with Crippen molar-refractivity contribution in [3.05, 3.63) is 17.3 Å². The molecule has 1 heterocycles. The summed E-state index contributed by atoms with van der Waals surface area (Å²) in [6.07, 6.45) is 1.85. The Kier molecular flexibility index (Phi) is 2.71. The summed E-state index contributed by atoms with van der Waals surface area (Å²) in [5, 5.41) is 19.9. The minimum atomic E-state index is -0.970. The van der Waals surface area contributed by atoms with Gasteiger partial charge in [-0.15, -0.1) is 10.2 Å². The number of carboxylic acids is 1. The summed E-state index contributed by atoms with van der Waals surface area (Å²) in [4.78, 5) is 11.2. The second kappa shape index (κ2) is 3.90. The molecule has 0 amide bonds. The highest BCUT2D eigenvalue weighted by Gasteiger charge is 2.47. The van der Waals surface area contributed by atoms with Crippen molar-refractivity contribution in [2.24, 2.45) is 5.92 Å². The standard InChI is InChI=1S/C10H12ClN3O2/c1-10(9(15)16,6-2-3-6)12-8-5-4-7(11)13-14-8/h4-6H,2-3H2,1H3,(H,12,14)(H,15,16). The minimum Gasteiger partial charge on any atom is -0.480 e. The third-order valence-corrected chi connectivity index (χ3v) is 3.06. The average Bonchev–Trinajstić information content (AvgIpc) is 3.04. The second-order valence-corrected chi connectivity index (χ2v) is 4.54. The molecule has 1 aliphatic rings. The first-order valence-electron chi connectivity index (χ1n) is 5.03. The van der Waals surface area contributed by atoms with Crippen LogP contribution in [0.1, 0.15) is 19.8 Å². The molecule has 1 atom stereocenters. The number of carbonyl (C=O) groups is 1. The molecule has 2 N–H and O–H groups in total. The number of aromatic nitrogens is 2. The third-order valence-electron chi connectivity index (χ3n) is 2.86. The van der Waals surface area contributed by atoms with E-state index < -0.39 is 11.5 Å². The Morgan fingerprint density at radius 3 is 2.69 bits per heavy atom. The molecule has 1 aromatic rings. The molecule has 1 unspecified atom stereocenters. The summed E-state index contributed by atoms with van der Waals surface area (Å²) in [6.45, 7) is 1.67. The number of rotatable bonds is 4. The van der Waals surface area contributed by atoms with Crippen LogP contribution in [-0.4, -0.2) is 26.8 Å². The molecule has 1 saturated carbocycles. The number of hydrogen-bond acceptors (Lipinski definition) is 4. The predicted molar refractivity (Wildman–Crippen MR) is 59.4 cm³/mol. The highest BCUT2D eigenvalue weighted by atomic mass is 35.5. The largest absolute Gasteiger partial charge is 0.480 e. The van der Waals surface area contributed by atoms with E-state index in [0.717, 1.165) is 12.8 Å². The van der Waals surface area contributed by atoms with Gasteiger partial charge in [0, 0.05) is 0 Å². The van der Waals surface area contributed by atoms with Crippen molar-refractivity contribution in [1.29, 1.82) is 0 Å². The number of hydrogen-bond donors (Lipinski definition) is 2. The SMILES string of the molecule is CC(Nc1ccc(Cl)nn1)(C(=O)O)C1CC1. The lowest BCUT2D eigenvalue weighted by Gasteiger charge is -2.26. The van der Waals surface area contributed by atoms with Gasteiger partial charge in [-0.1, -0.05) is 11.6 Å². The molecule has 1 aromatic heterocycles. The molecule has 0 saturated heterocycles. The van der Waals surface area contributed by atoms with Crippen LogP contribution in [0.4, 0.5) is 5.82 Å². The van der Waals surface area contributed by atoms with Crippen molar-refractivity contribution in [3.63, 3.8) is 0 Å². The Bertz CT molecular complexity index is 405. The zero-order valence-corrected chi connectivity index (χ0v) is 9.53. The van der Waals surface area contributed by atoms with E-state index >= 15 is 0 Å². The lowest BCUT2D eigenvalue weighted by atomic mass is 9.96. The van der Waals surface area contributed by atoms with Crippen LogP contribution < -0.4 is 5.32 Å². The molecule has 1 fully saturated rings. The lowest BCUT2D eigenvalue weighted by molar-refractivity contribution is -0.142. The van der Waals surface area contributed by atoms with Crippen LogP contribution >= 0.6 is 11.6 Å². The number of carboxylic acid groups (broad SMARTS) is 1. The molecular formula is C10H12ClN3O2. The molecule has 16 heavy (non-hydrogen) atoms. The van der Waals surface area contributed by atoms with Crippen LogP contribution in [0.25, 0.3) is 0 Å². The van der Waals surface area contributed by atoms with Crippen molar-refractivity contribution in [2.75, 3.05) is 5.32 Å². The normalized spacial score (nSPS) is 18.9. The van der Waals surface area contributed by atoms with E-state index in [1.165, 1.54) is 0 Å². The Morgan fingerprint density at radius 2 is 2.25 bits per heavy atom. The van der Waals surface area contributed by atoms with Crippen molar-refractivity contribution in [2.45, 2.75) is 25.3 Å². The summed E-state index contributed by atoms with van der Waals surface area (Å²) < 4.78 is 0. The summed E-state index contributed by atoms with van der Waals surface area (Å²) in [7, 11) is 0. The monoisotopic (exact) mass is 241 g/mol. The molecule has 0 aromatic carbocycles. The van der Waals surface area contributed by atoms with E-state index in [1.54, 1.807) is 19.1 Å². The molecular weight excluding hydrogens is 230 g/mol. The fraction of sp³-hybridized carbons (Fsp3) is 0.500. The number of aliphatic carboxylic acids is 1. The first kappa shape index (κ1) is 11.1. The highest BCUT2D eigenvalue weighted by molar-refractivity contribution is 6.29. The summed E-state index contributed by atoms with van der Waals surface area (Å²) in [6, 6.07) is 3.20. The Hall–Kier alpha value is -1.36. The average molecular weight is 242 g/mol. The molecule has 0 spiro atoms. The van der Waals surface area contributed by atoms with Gasteiger partial charge in [-0.2, -0.15) is 0 Å². The predicted octanol–water partition coefficient (Wildman–Crippen LogP) is 1.80. The van der Waals surface area contributed by atoms with Gasteiger partial charge in [0.05, 0.1) is 0 Å². The number of anilines is 1. The van der Waals surface area contributed by atoms with Crippen LogP contribution in [-0.2, 0) is 4.79 Å². The van der Waals surface area contributed by atoms with E-state index in [1.807, 2.05) is 0 Å². The van der Waals surface area contributed by atoms with Gasteiger partial charge in [-0.05, 0) is 37.8 Å². The van der Waals surface area contributed by atoms with Gasteiger partial charge in [0.25, 0.3) is 0 Å². The van der Waals surface area contributed by atoms with Crippen LogP contribution in [0.3, 0.4) is 0 Å². The van der Waals surface area contributed by atoms with Gasteiger partial charge in [-0.3, -0.25) is 0 Å². The summed E-state index contributed by atoms with van der Waals surface area (Å²) >= 11 is 5.60. The van der Waals surface area contributed by atoms with Crippen LogP contribution in [0.5, 0.6) is 0 Å². The Morgan fingerprint density at radius 1 is 1.56 bits per heavy atom. The van der Waals surface area contributed by atoms with Crippen molar-refractivity contribution in [1.82, 2.24) is 10.2 Å². The molecule has 0 radical (unpaired) electrons. The molecule has 0 bridgehead atoms. The Labute approximate surface area is 97.8 Å². The highest BCUT2D eigenvalue weighted by Crippen LogP contribution is 2.41. The van der Waals surface area contributed by atoms with Crippen molar-refractivity contribution >= 4 is 23.4 Å². The summed E-state index contributed by atoms with van der Waals surface area (Å²) in [5.74, 6) is -0.282. The maximum Gasteiger partial charge on any atom is 0.329 e. The van der Waals surface area contributed by atoms with Crippen molar-refractivity contribution < 1.29 is 9.90 Å². The first-order chi connectivity index (χ1) is 7.52. The van der Waals surface area contributed by atoms with E-state index in [0.29, 0.717) is 5.82 Å². The molecule has 1 aliphatic carbocycles. The zero-order valence-electron chi connectivity index (χ0n) is 8.77. The molecule has 86 valence electrons. The second-order valence-electron chi connectivity index (χ2n) is 4.15. The topological polar surface area (TPSA) is 75.1 Å². The number of nitrogens with one attached hydrogen (secondary N) is 1. The van der Waals surface area contributed by atoms with Crippen LogP contribution in [0.2, 0.25) is 5.15 Å². The third kappa shape index (κ3) is 2.09.